The summed E-state index contributed by atoms with van der Waals surface area (Å²) in [5.41, 5.74) is 7.00. The summed E-state index contributed by atoms with van der Waals surface area (Å²) in [6.07, 6.45) is 1.50. The van der Waals surface area contributed by atoms with Crippen LogP contribution in [0, 0.1) is 0 Å². The van der Waals surface area contributed by atoms with Crippen LogP contribution in [0.1, 0.15) is 53.0 Å². The Morgan fingerprint density at radius 3 is 2.32 bits per heavy atom. The van der Waals surface area contributed by atoms with Gasteiger partial charge in [0.1, 0.15) is 5.60 Å². The molecule has 0 saturated heterocycles. The fraction of sp³-hybridized carbons (Fsp3) is 0.588. The Morgan fingerprint density at radius 2 is 1.86 bits per heavy atom. The lowest BCUT2D eigenvalue weighted by atomic mass is 9.78. The first-order chi connectivity index (χ1) is 9.95. The second-order valence-electron chi connectivity index (χ2n) is 7.62. The summed E-state index contributed by atoms with van der Waals surface area (Å²) in [4.78, 5) is 12.1. The highest BCUT2D eigenvalue weighted by Crippen LogP contribution is 2.57. The van der Waals surface area contributed by atoms with Gasteiger partial charge in [-0.3, -0.25) is 5.32 Å². The van der Waals surface area contributed by atoms with Crippen LogP contribution in [0.4, 0.5) is 10.5 Å². The maximum Gasteiger partial charge on any atom is 0.412 e. The predicted octanol–water partition coefficient (Wildman–Crippen LogP) is 4.46. The number of carbonyl (C=O) groups excluding carboxylic acids is 1. The summed E-state index contributed by atoms with van der Waals surface area (Å²) in [5, 5.41) is 3.48. The lowest BCUT2D eigenvalue weighted by molar-refractivity contribution is 0.0635. The fourth-order valence-corrected chi connectivity index (χ4v) is 2.99. The van der Waals surface area contributed by atoms with Gasteiger partial charge >= 0.3 is 6.09 Å². The van der Waals surface area contributed by atoms with Gasteiger partial charge in [-0.15, -0.1) is 0 Å². The molecule has 0 spiro atoms. The number of hydrogen-bond acceptors (Lipinski definition) is 3. The molecule has 1 aromatic carbocycles. The maximum atomic E-state index is 12.1. The summed E-state index contributed by atoms with van der Waals surface area (Å²) in [6, 6.07) is 5.47. The monoisotopic (exact) mass is 324 g/mol. The Hall–Kier alpha value is -1.26. The van der Waals surface area contributed by atoms with Gasteiger partial charge in [-0.05, 0) is 71.2 Å². The summed E-state index contributed by atoms with van der Waals surface area (Å²) < 4.78 is 5.33. The number of ether oxygens (including phenoxy) is 1. The number of benzene rings is 1. The summed E-state index contributed by atoms with van der Waals surface area (Å²) in [6.45, 7) is 9.53. The zero-order chi connectivity index (χ0) is 16.8. The van der Waals surface area contributed by atoms with Crippen molar-refractivity contribution in [3.63, 3.8) is 0 Å². The van der Waals surface area contributed by atoms with E-state index in [9.17, 15) is 4.79 Å². The minimum Gasteiger partial charge on any atom is -0.444 e. The molecule has 0 unspecified atom stereocenters. The highest BCUT2D eigenvalue weighted by Gasteiger charge is 2.54. The van der Waals surface area contributed by atoms with Crippen LogP contribution in [0.25, 0.3) is 0 Å². The highest BCUT2D eigenvalue weighted by atomic mass is 35.5. The van der Waals surface area contributed by atoms with Crippen LogP contribution in [0.3, 0.4) is 0 Å². The molecule has 2 rings (SSSR count). The highest BCUT2D eigenvalue weighted by molar-refractivity contribution is 6.30. The Bertz CT molecular complexity index is 581. The van der Waals surface area contributed by atoms with E-state index < -0.39 is 11.7 Å². The summed E-state index contributed by atoms with van der Waals surface area (Å²) in [7, 11) is 0. The number of nitrogens with two attached hydrogens (primary N) is 1. The molecule has 122 valence electrons. The third-order valence-electron chi connectivity index (χ3n) is 4.12. The zero-order valence-electron chi connectivity index (χ0n) is 13.9. The molecular formula is C17H25ClN2O2. The van der Waals surface area contributed by atoms with Crippen molar-refractivity contribution >= 4 is 23.4 Å². The van der Waals surface area contributed by atoms with Crippen molar-refractivity contribution < 1.29 is 9.53 Å². The molecule has 4 nitrogen and oxygen atoms in total. The van der Waals surface area contributed by atoms with E-state index in [-0.39, 0.29) is 11.0 Å². The van der Waals surface area contributed by atoms with E-state index in [0.29, 0.717) is 5.02 Å². The van der Waals surface area contributed by atoms with E-state index in [2.05, 4.69) is 5.32 Å². The van der Waals surface area contributed by atoms with Crippen molar-refractivity contribution in [3.05, 3.63) is 28.8 Å². The average Bonchev–Trinajstić information content (AvgIpc) is 3.09. The predicted molar refractivity (Wildman–Crippen MR) is 90.5 cm³/mol. The smallest absolute Gasteiger partial charge is 0.412 e. The number of rotatable bonds is 3. The Kier molecular flexibility index (Phi) is 4.22. The molecule has 3 N–H and O–H groups in total. The molecule has 5 heteroatoms. The third-order valence-corrected chi connectivity index (χ3v) is 4.35. The first kappa shape index (κ1) is 17.1. The van der Waals surface area contributed by atoms with Crippen LogP contribution in [0.5, 0.6) is 0 Å². The molecule has 0 bridgehead atoms. The standard InChI is InChI=1S/C17H25ClN2O2/c1-15(2,3)22-14(21)20-13-7-6-11(18)10-12(13)17(8-9-17)16(4,5)19/h6-7,10H,8-9,19H2,1-5H3,(H,20,21). The van der Waals surface area contributed by atoms with Crippen molar-refractivity contribution in [2.45, 2.75) is 64.0 Å². The van der Waals surface area contributed by atoms with Crippen molar-refractivity contribution in [3.8, 4) is 0 Å². The lowest BCUT2D eigenvalue weighted by Gasteiger charge is -2.33. The van der Waals surface area contributed by atoms with Crippen LogP contribution >= 0.6 is 11.6 Å². The van der Waals surface area contributed by atoms with E-state index >= 15 is 0 Å². The molecule has 0 atom stereocenters. The Labute approximate surface area is 137 Å². The van der Waals surface area contributed by atoms with Crippen LogP contribution in [0.2, 0.25) is 5.02 Å². The largest absolute Gasteiger partial charge is 0.444 e. The molecule has 1 saturated carbocycles. The SMILES string of the molecule is CC(C)(C)OC(=O)Nc1ccc(Cl)cc1C1(C(C)(C)N)CC1. The third kappa shape index (κ3) is 3.55. The van der Waals surface area contributed by atoms with E-state index in [1.807, 2.05) is 46.8 Å². The topological polar surface area (TPSA) is 64.3 Å². The van der Waals surface area contributed by atoms with Gasteiger partial charge in [-0.1, -0.05) is 11.6 Å². The molecule has 0 aromatic heterocycles. The first-order valence-corrected chi connectivity index (χ1v) is 7.91. The molecular weight excluding hydrogens is 300 g/mol. The van der Waals surface area contributed by atoms with Crippen molar-refractivity contribution in [1.29, 1.82) is 0 Å². The zero-order valence-corrected chi connectivity index (χ0v) is 14.7. The molecule has 1 aromatic rings. The van der Waals surface area contributed by atoms with E-state index in [1.165, 1.54) is 0 Å². The molecule has 22 heavy (non-hydrogen) atoms. The van der Waals surface area contributed by atoms with Crippen LogP contribution in [-0.2, 0) is 10.2 Å². The lowest BCUT2D eigenvalue weighted by Crippen LogP contribution is -2.45. The molecule has 1 aliphatic rings. The second-order valence-corrected chi connectivity index (χ2v) is 8.06. The van der Waals surface area contributed by atoms with Gasteiger partial charge in [0.2, 0.25) is 0 Å². The van der Waals surface area contributed by atoms with E-state index in [0.717, 1.165) is 24.1 Å². The number of halogens is 1. The molecule has 1 fully saturated rings. The normalized spacial score (nSPS) is 17.0. The molecule has 1 amide bonds. The number of hydrogen-bond donors (Lipinski definition) is 2. The van der Waals surface area contributed by atoms with Crippen LogP contribution in [-0.4, -0.2) is 17.2 Å². The van der Waals surface area contributed by atoms with E-state index in [4.69, 9.17) is 22.1 Å². The minimum atomic E-state index is -0.541. The molecule has 1 aliphatic carbocycles. The number of nitrogens with one attached hydrogen (secondary N) is 1. The van der Waals surface area contributed by atoms with E-state index in [1.54, 1.807) is 6.07 Å². The summed E-state index contributed by atoms with van der Waals surface area (Å²) in [5.74, 6) is 0. The molecule has 0 aliphatic heterocycles. The van der Waals surface area contributed by atoms with Crippen molar-refractivity contribution in [1.82, 2.24) is 0 Å². The van der Waals surface area contributed by atoms with Gasteiger partial charge in [0.25, 0.3) is 0 Å². The Balaban J connectivity index is 2.32. The molecule has 0 radical (unpaired) electrons. The van der Waals surface area contributed by atoms with Gasteiger partial charge in [0, 0.05) is 21.7 Å². The van der Waals surface area contributed by atoms with Crippen molar-refractivity contribution in [2.75, 3.05) is 5.32 Å². The van der Waals surface area contributed by atoms with Gasteiger partial charge in [-0.2, -0.15) is 0 Å². The summed E-state index contributed by atoms with van der Waals surface area (Å²) >= 11 is 6.16. The minimum absolute atomic E-state index is 0.151. The van der Waals surface area contributed by atoms with Gasteiger partial charge in [-0.25, -0.2) is 4.79 Å². The first-order valence-electron chi connectivity index (χ1n) is 7.54. The molecule has 0 heterocycles. The average molecular weight is 325 g/mol. The number of anilines is 1. The maximum absolute atomic E-state index is 12.1. The number of amides is 1. The van der Waals surface area contributed by atoms with Gasteiger partial charge in [0.15, 0.2) is 0 Å². The Morgan fingerprint density at radius 1 is 1.27 bits per heavy atom. The fourth-order valence-electron chi connectivity index (χ4n) is 2.82. The van der Waals surface area contributed by atoms with Gasteiger partial charge < -0.3 is 10.5 Å². The quantitative estimate of drug-likeness (QED) is 0.863. The second kappa shape index (κ2) is 5.43. The number of carbonyl (C=O) groups is 1. The van der Waals surface area contributed by atoms with Crippen molar-refractivity contribution in [2.24, 2.45) is 5.73 Å². The van der Waals surface area contributed by atoms with Gasteiger partial charge in [0.05, 0.1) is 0 Å². The van der Waals surface area contributed by atoms with Crippen LogP contribution in [0.15, 0.2) is 18.2 Å². The van der Waals surface area contributed by atoms with Crippen LogP contribution < -0.4 is 11.1 Å².